The summed E-state index contributed by atoms with van der Waals surface area (Å²) in [5.74, 6) is 0. The molecule has 0 saturated heterocycles. The number of phosphoric ester groups is 1. The molecule has 1 aromatic rings. The van der Waals surface area contributed by atoms with E-state index in [9.17, 15) is 33.3 Å². The zero-order valence-corrected chi connectivity index (χ0v) is 18.5. The Morgan fingerprint density at radius 2 is 1.73 bits per heavy atom. The quantitative estimate of drug-likeness (QED) is 0.155. The number of alkyl halides is 1. The summed E-state index contributed by atoms with van der Waals surface area (Å²) < 4.78 is 50.7. The van der Waals surface area contributed by atoms with E-state index in [0.29, 0.717) is 0 Å². The van der Waals surface area contributed by atoms with E-state index in [4.69, 9.17) is 31.0 Å². The lowest BCUT2D eigenvalue weighted by atomic mass is 10.1. The largest absolute Gasteiger partial charge is 0.490 e. The maximum absolute atomic E-state index is 11.9. The van der Waals surface area contributed by atoms with Gasteiger partial charge in [-0.05, 0) is 6.92 Å². The van der Waals surface area contributed by atoms with Gasteiger partial charge in [-0.1, -0.05) is 11.6 Å². The fraction of sp³-hybridized carbons (Fsp3) is 0.600. The van der Waals surface area contributed by atoms with Crippen molar-refractivity contribution in [2.24, 2.45) is 0 Å². The minimum Gasteiger partial charge on any atom is -0.387 e. The number of aliphatic hydroxyl groups excluding tert-OH is 1. The van der Waals surface area contributed by atoms with Crippen LogP contribution in [-0.2, 0) is 36.6 Å². The Morgan fingerprint density at radius 3 is 2.20 bits per heavy atom. The minimum absolute atomic E-state index is 0.720. The molecule has 20 heteroatoms. The second-order valence-electron chi connectivity index (χ2n) is 5.61. The molecule has 0 bridgehead atoms. The lowest BCUT2D eigenvalue weighted by molar-refractivity contribution is -0.0684. The van der Waals surface area contributed by atoms with Crippen LogP contribution in [0.3, 0.4) is 0 Å². The van der Waals surface area contributed by atoms with Gasteiger partial charge in [0.05, 0.1) is 6.61 Å². The van der Waals surface area contributed by atoms with Crippen LogP contribution >= 0.6 is 35.1 Å². The molecule has 1 heterocycles. The summed E-state index contributed by atoms with van der Waals surface area (Å²) in [6, 6.07) is 0.933. The molecule has 0 radical (unpaired) electrons. The van der Waals surface area contributed by atoms with Gasteiger partial charge in [0.25, 0.3) is 5.56 Å². The van der Waals surface area contributed by atoms with Crippen LogP contribution in [0.25, 0.3) is 0 Å². The fourth-order valence-corrected chi connectivity index (χ4v) is 5.31. The lowest BCUT2D eigenvalue weighted by Crippen LogP contribution is -2.51. The van der Waals surface area contributed by atoms with E-state index < -0.39 is 58.5 Å². The first-order chi connectivity index (χ1) is 13.4. The highest BCUT2D eigenvalue weighted by Crippen LogP contribution is 2.66. The van der Waals surface area contributed by atoms with Crippen LogP contribution in [0.5, 0.6) is 0 Å². The molecule has 0 aliphatic carbocycles. The Kier molecular flexibility index (Phi) is 8.96. The summed E-state index contributed by atoms with van der Waals surface area (Å²) in [5, 5.41) is 10.4. The molecule has 16 nitrogen and oxygen atoms in total. The summed E-state index contributed by atoms with van der Waals surface area (Å²) >= 11 is 6.17. The zero-order chi connectivity index (χ0) is 23.5. The van der Waals surface area contributed by atoms with Crippen molar-refractivity contribution >= 4 is 35.1 Å². The van der Waals surface area contributed by atoms with Crippen LogP contribution in [0.4, 0.5) is 0 Å². The van der Waals surface area contributed by atoms with Crippen LogP contribution in [0.15, 0.2) is 21.9 Å². The first-order valence-electron chi connectivity index (χ1n) is 7.41. The van der Waals surface area contributed by atoms with Gasteiger partial charge in [0.15, 0.2) is 0 Å². The molecule has 0 fully saturated rings. The predicted octanol–water partition coefficient (Wildman–Crippen LogP) is -0.833. The summed E-state index contributed by atoms with van der Waals surface area (Å²) in [6.45, 7) is 0.109. The van der Waals surface area contributed by atoms with Crippen molar-refractivity contribution in [1.29, 1.82) is 0 Å². The predicted molar refractivity (Wildman–Crippen MR) is 97.4 cm³/mol. The molecular weight excluding hydrogens is 500 g/mol. The van der Waals surface area contributed by atoms with Crippen molar-refractivity contribution in [1.82, 2.24) is 9.55 Å². The summed E-state index contributed by atoms with van der Waals surface area (Å²) in [4.78, 5) is 58.4. The molecule has 0 saturated carbocycles. The van der Waals surface area contributed by atoms with Gasteiger partial charge in [-0.3, -0.25) is 18.9 Å². The average Bonchev–Trinajstić information content (AvgIpc) is 2.51. The third-order valence-corrected chi connectivity index (χ3v) is 7.52. The number of nitrogens with one attached hydrogen (secondary N) is 1. The molecule has 1 rings (SSSR count). The molecule has 0 aliphatic rings. The lowest BCUT2D eigenvalue weighted by Gasteiger charge is -2.34. The van der Waals surface area contributed by atoms with E-state index in [-0.39, 0.29) is 0 Å². The number of aromatic amines is 1. The third-order valence-electron chi connectivity index (χ3n) is 3.31. The number of methoxy groups -OCH3 is 1. The number of H-pyrrole nitrogens is 1. The topological polar surface area (TPSA) is 244 Å². The van der Waals surface area contributed by atoms with E-state index in [0.717, 1.165) is 30.9 Å². The van der Waals surface area contributed by atoms with Crippen molar-refractivity contribution in [2.75, 3.05) is 13.7 Å². The Bertz CT molecular complexity index is 1000. The number of phosphoric acid groups is 3. The SMILES string of the molecule is CO[C@H](COP(=O)(O)OP(=O)(O)OP(=O)(O)O)[C@@H](O)[C@@](C)(Cl)n1ccc(=O)[nH]c1=O. The van der Waals surface area contributed by atoms with Crippen LogP contribution < -0.4 is 11.2 Å². The second kappa shape index (κ2) is 9.84. The van der Waals surface area contributed by atoms with E-state index >= 15 is 0 Å². The molecule has 1 aromatic heterocycles. The number of halogens is 1. The monoisotopic (exact) mass is 518 g/mol. The maximum atomic E-state index is 11.9. The smallest absolute Gasteiger partial charge is 0.387 e. The first kappa shape index (κ1) is 27.3. The molecule has 0 aliphatic heterocycles. The van der Waals surface area contributed by atoms with Gasteiger partial charge in [-0.25, -0.2) is 18.5 Å². The summed E-state index contributed by atoms with van der Waals surface area (Å²) in [6.07, 6.45) is -2.44. The van der Waals surface area contributed by atoms with E-state index in [1.807, 2.05) is 4.98 Å². The van der Waals surface area contributed by atoms with Gasteiger partial charge >= 0.3 is 29.2 Å². The van der Waals surface area contributed by atoms with E-state index in [1.54, 1.807) is 0 Å². The van der Waals surface area contributed by atoms with Crippen molar-refractivity contribution < 1.29 is 56.3 Å². The first-order valence-corrected chi connectivity index (χ1v) is 12.3. The molecule has 0 aromatic carbocycles. The normalized spacial score (nSPS) is 20.5. The number of ether oxygens (including phenoxy) is 1. The Labute approximate surface area is 172 Å². The molecule has 6 N–H and O–H groups in total. The zero-order valence-electron chi connectivity index (χ0n) is 15.1. The van der Waals surface area contributed by atoms with Gasteiger partial charge in [0.1, 0.15) is 17.2 Å². The maximum Gasteiger partial charge on any atom is 0.490 e. The number of rotatable bonds is 11. The van der Waals surface area contributed by atoms with Crippen LogP contribution in [0.2, 0.25) is 0 Å². The van der Waals surface area contributed by atoms with Crippen LogP contribution in [0, 0.1) is 0 Å². The number of aliphatic hydroxyl groups is 1. The molecule has 2 unspecified atom stereocenters. The summed E-state index contributed by atoms with van der Waals surface area (Å²) in [5.41, 5.74) is -1.74. The van der Waals surface area contributed by atoms with Crippen LogP contribution in [0.1, 0.15) is 6.92 Å². The van der Waals surface area contributed by atoms with E-state index in [1.165, 1.54) is 0 Å². The molecule has 0 spiro atoms. The molecule has 5 atom stereocenters. The summed E-state index contributed by atoms with van der Waals surface area (Å²) in [7, 11) is -15.8. The highest BCUT2D eigenvalue weighted by molar-refractivity contribution is 7.66. The average molecular weight is 519 g/mol. The van der Waals surface area contributed by atoms with Crippen molar-refractivity contribution in [3.05, 3.63) is 33.1 Å². The van der Waals surface area contributed by atoms with Crippen molar-refractivity contribution in [2.45, 2.75) is 24.1 Å². The number of hydrogen-bond donors (Lipinski definition) is 6. The fourth-order valence-electron chi connectivity index (χ4n) is 2.00. The molecular formula is C10H18ClN2O14P3. The minimum atomic E-state index is -5.73. The molecule has 174 valence electrons. The van der Waals surface area contributed by atoms with Gasteiger partial charge < -0.3 is 29.4 Å². The highest BCUT2D eigenvalue weighted by atomic mass is 35.5. The number of hydrogen-bond acceptors (Lipinski definition) is 10. The van der Waals surface area contributed by atoms with Gasteiger partial charge in [-0.2, -0.15) is 8.62 Å². The highest BCUT2D eigenvalue weighted by Gasteiger charge is 2.43. The second-order valence-corrected chi connectivity index (χ2v) is 10.8. The standard InChI is InChI=1S/C10H18ClN2O14P3/c1-10(11,13-4-3-7(14)12-9(13)16)8(15)6(24-2)5-25-29(20,21)27-30(22,23)26-28(17,18)19/h3-4,6,8,15H,5H2,1-2H3,(H,20,21)(H,22,23)(H,12,14,16)(H2,17,18,19)/t6-,8-,10+/m1/s1. The van der Waals surface area contributed by atoms with Crippen LogP contribution in [-0.4, -0.2) is 60.2 Å². The van der Waals surface area contributed by atoms with Gasteiger partial charge in [0.2, 0.25) is 0 Å². The van der Waals surface area contributed by atoms with E-state index in [2.05, 4.69) is 13.1 Å². The number of nitrogens with zero attached hydrogens (tertiary/aromatic N) is 1. The number of aromatic nitrogens is 2. The Morgan fingerprint density at radius 1 is 1.17 bits per heavy atom. The third kappa shape index (κ3) is 8.09. The van der Waals surface area contributed by atoms with Crippen molar-refractivity contribution in [3.8, 4) is 0 Å². The Hall–Kier alpha value is -0.700. The Balaban J connectivity index is 2.96. The van der Waals surface area contributed by atoms with Crippen molar-refractivity contribution in [3.63, 3.8) is 0 Å². The molecule has 0 amide bonds. The van der Waals surface area contributed by atoms with Gasteiger partial charge in [0, 0.05) is 19.4 Å². The molecule has 30 heavy (non-hydrogen) atoms. The van der Waals surface area contributed by atoms with Gasteiger partial charge in [-0.15, -0.1) is 0 Å².